The number of rotatable bonds is 2. The molecule has 1 heterocycles. The van der Waals surface area contributed by atoms with Crippen molar-refractivity contribution in [2.45, 2.75) is 25.3 Å². The van der Waals surface area contributed by atoms with Crippen molar-refractivity contribution >= 4 is 0 Å². The van der Waals surface area contributed by atoms with Crippen LogP contribution < -0.4 is 0 Å². The van der Waals surface area contributed by atoms with Gasteiger partial charge in [0, 0.05) is 5.56 Å². The number of likely N-dealkylation sites (tertiary alicyclic amines) is 1. The van der Waals surface area contributed by atoms with Crippen LogP contribution >= 0.6 is 0 Å². The number of nitrogens with zero attached hydrogens (tertiary/aromatic N) is 2. The molecule has 0 aromatic heterocycles. The van der Waals surface area contributed by atoms with Gasteiger partial charge in [0.2, 0.25) is 0 Å². The normalized spacial score (nSPS) is 18.9. The van der Waals surface area contributed by atoms with Crippen molar-refractivity contribution in [3.05, 3.63) is 29.8 Å². The van der Waals surface area contributed by atoms with Gasteiger partial charge in [-0.2, -0.15) is 5.26 Å². The first-order chi connectivity index (χ1) is 7.83. The summed E-state index contributed by atoms with van der Waals surface area (Å²) in [6, 6.07) is 9.11. The Hall–Kier alpha value is -1.53. The zero-order valence-electron chi connectivity index (χ0n) is 9.26. The van der Waals surface area contributed by atoms with Gasteiger partial charge >= 0.3 is 0 Å². The monoisotopic (exact) mass is 216 g/mol. The van der Waals surface area contributed by atoms with Crippen LogP contribution in [0.3, 0.4) is 0 Å². The van der Waals surface area contributed by atoms with E-state index in [1.54, 1.807) is 12.1 Å². The van der Waals surface area contributed by atoms with E-state index in [1.807, 2.05) is 12.1 Å². The molecule has 1 atom stereocenters. The summed E-state index contributed by atoms with van der Waals surface area (Å²) in [6.45, 7) is 1.90. The van der Waals surface area contributed by atoms with Gasteiger partial charge in [0.25, 0.3) is 0 Å². The minimum Gasteiger partial charge on any atom is -0.508 e. The molecule has 1 aliphatic heterocycles. The standard InChI is InChI=1S/C13H16N2O/c14-10-12(15-8-4-1-5-9-15)11-6-2-3-7-13(11)16/h2-3,6-7,12,16H,1,4-5,8-9H2. The summed E-state index contributed by atoms with van der Waals surface area (Å²) in [5.41, 5.74) is 0.729. The molecule has 1 aliphatic rings. The summed E-state index contributed by atoms with van der Waals surface area (Å²) >= 11 is 0. The first kappa shape index (κ1) is 11.0. The average Bonchev–Trinajstić information content (AvgIpc) is 2.34. The fourth-order valence-corrected chi connectivity index (χ4v) is 2.24. The van der Waals surface area contributed by atoms with Crippen LogP contribution in [-0.2, 0) is 0 Å². The Kier molecular flexibility index (Phi) is 3.43. The number of phenolic OH excluding ortho intramolecular Hbond substituents is 1. The van der Waals surface area contributed by atoms with E-state index in [-0.39, 0.29) is 11.8 Å². The van der Waals surface area contributed by atoms with Gasteiger partial charge in [-0.1, -0.05) is 24.6 Å². The highest BCUT2D eigenvalue weighted by Gasteiger charge is 2.23. The number of phenols is 1. The maximum atomic E-state index is 9.76. The predicted molar refractivity (Wildman–Crippen MR) is 61.9 cm³/mol. The first-order valence-corrected chi connectivity index (χ1v) is 5.74. The fraction of sp³-hybridized carbons (Fsp3) is 0.462. The molecule has 1 aromatic rings. The van der Waals surface area contributed by atoms with E-state index in [0.29, 0.717) is 0 Å². The Morgan fingerprint density at radius 1 is 1.19 bits per heavy atom. The Balaban J connectivity index is 2.22. The maximum absolute atomic E-state index is 9.76. The maximum Gasteiger partial charge on any atom is 0.127 e. The lowest BCUT2D eigenvalue weighted by molar-refractivity contribution is 0.194. The minimum atomic E-state index is -0.304. The molecule has 1 unspecified atom stereocenters. The van der Waals surface area contributed by atoms with Gasteiger partial charge in [-0.05, 0) is 32.0 Å². The van der Waals surface area contributed by atoms with Gasteiger partial charge in [0.1, 0.15) is 11.8 Å². The third-order valence-electron chi connectivity index (χ3n) is 3.11. The van der Waals surface area contributed by atoms with E-state index in [0.717, 1.165) is 31.5 Å². The van der Waals surface area contributed by atoms with Crippen LogP contribution in [0, 0.1) is 11.3 Å². The zero-order chi connectivity index (χ0) is 11.4. The summed E-state index contributed by atoms with van der Waals surface area (Å²) in [4.78, 5) is 2.15. The number of para-hydroxylation sites is 1. The minimum absolute atomic E-state index is 0.222. The molecular formula is C13H16N2O. The number of piperidine rings is 1. The molecule has 0 bridgehead atoms. The molecule has 16 heavy (non-hydrogen) atoms. The van der Waals surface area contributed by atoms with Crippen molar-refractivity contribution in [2.24, 2.45) is 0 Å². The van der Waals surface area contributed by atoms with Gasteiger partial charge in [0.05, 0.1) is 6.07 Å². The molecule has 0 amide bonds. The van der Waals surface area contributed by atoms with E-state index in [9.17, 15) is 10.4 Å². The topological polar surface area (TPSA) is 47.3 Å². The average molecular weight is 216 g/mol. The van der Waals surface area contributed by atoms with Crippen LogP contribution in [0.4, 0.5) is 0 Å². The molecule has 0 radical (unpaired) electrons. The SMILES string of the molecule is N#CC(c1ccccc1O)N1CCCCC1. The van der Waals surface area contributed by atoms with Gasteiger partial charge in [-0.25, -0.2) is 0 Å². The number of hydrogen-bond donors (Lipinski definition) is 1. The molecule has 84 valence electrons. The fourth-order valence-electron chi connectivity index (χ4n) is 2.24. The molecule has 0 saturated carbocycles. The van der Waals surface area contributed by atoms with Crippen LogP contribution in [0.2, 0.25) is 0 Å². The van der Waals surface area contributed by atoms with Crippen LogP contribution in [-0.4, -0.2) is 23.1 Å². The molecule has 1 N–H and O–H groups in total. The van der Waals surface area contributed by atoms with E-state index < -0.39 is 0 Å². The van der Waals surface area contributed by atoms with Crippen molar-refractivity contribution in [3.63, 3.8) is 0 Å². The van der Waals surface area contributed by atoms with Crippen molar-refractivity contribution in [3.8, 4) is 11.8 Å². The van der Waals surface area contributed by atoms with Gasteiger partial charge in [-0.15, -0.1) is 0 Å². The third kappa shape index (κ3) is 2.17. The Morgan fingerprint density at radius 2 is 1.88 bits per heavy atom. The Labute approximate surface area is 95.9 Å². The molecular weight excluding hydrogens is 200 g/mol. The van der Waals surface area contributed by atoms with E-state index in [4.69, 9.17) is 0 Å². The summed E-state index contributed by atoms with van der Waals surface area (Å²) in [5.74, 6) is 0.222. The van der Waals surface area contributed by atoms with Gasteiger partial charge < -0.3 is 5.11 Å². The molecule has 0 aliphatic carbocycles. The lowest BCUT2D eigenvalue weighted by Gasteiger charge is -2.30. The van der Waals surface area contributed by atoms with Crippen molar-refractivity contribution in [1.82, 2.24) is 4.90 Å². The number of aromatic hydroxyl groups is 1. The zero-order valence-corrected chi connectivity index (χ0v) is 9.26. The summed E-state index contributed by atoms with van der Waals surface area (Å²) in [5, 5.41) is 19.0. The number of hydrogen-bond acceptors (Lipinski definition) is 3. The lowest BCUT2D eigenvalue weighted by Crippen LogP contribution is -2.33. The molecule has 0 spiro atoms. The van der Waals surface area contributed by atoms with Crippen molar-refractivity contribution < 1.29 is 5.11 Å². The molecule has 1 saturated heterocycles. The molecule has 3 heteroatoms. The highest BCUT2D eigenvalue weighted by atomic mass is 16.3. The highest BCUT2D eigenvalue weighted by Crippen LogP contribution is 2.29. The molecule has 1 fully saturated rings. The van der Waals surface area contributed by atoms with Crippen LogP contribution in [0.1, 0.15) is 30.9 Å². The first-order valence-electron chi connectivity index (χ1n) is 5.74. The number of nitriles is 1. The largest absolute Gasteiger partial charge is 0.508 e. The van der Waals surface area contributed by atoms with Crippen molar-refractivity contribution in [2.75, 3.05) is 13.1 Å². The summed E-state index contributed by atoms with van der Waals surface area (Å²) in [7, 11) is 0. The summed E-state index contributed by atoms with van der Waals surface area (Å²) in [6.07, 6.45) is 3.53. The summed E-state index contributed by atoms with van der Waals surface area (Å²) < 4.78 is 0. The van der Waals surface area contributed by atoms with Gasteiger partial charge in [-0.3, -0.25) is 4.90 Å². The molecule has 3 nitrogen and oxygen atoms in total. The quantitative estimate of drug-likeness (QED) is 0.826. The van der Waals surface area contributed by atoms with Crippen LogP contribution in [0.5, 0.6) is 5.75 Å². The molecule has 2 rings (SSSR count). The smallest absolute Gasteiger partial charge is 0.127 e. The third-order valence-corrected chi connectivity index (χ3v) is 3.11. The second kappa shape index (κ2) is 5.00. The highest BCUT2D eigenvalue weighted by molar-refractivity contribution is 5.37. The van der Waals surface area contributed by atoms with Gasteiger partial charge in [0.15, 0.2) is 0 Å². The van der Waals surface area contributed by atoms with Crippen molar-refractivity contribution in [1.29, 1.82) is 5.26 Å². The lowest BCUT2D eigenvalue weighted by atomic mass is 10.0. The predicted octanol–water partition coefficient (Wildman–Crippen LogP) is 2.44. The van der Waals surface area contributed by atoms with Crippen LogP contribution in [0.25, 0.3) is 0 Å². The Bertz CT molecular complexity index is 391. The molecule has 1 aromatic carbocycles. The van der Waals surface area contributed by atoms with E-state index in [1.165, 1.54) is 6.42 Å². The van der Waals surface area contributed by atoms with Crippen LogP contribution in [0.15, 0.2) is 24.3 Å². The van der Waals surface area contributed by atoms with E-state index in [2.05, 4.69) is 11.0 Å². The number of benzene rings is 1. The Morgan fingerprint density at radius 3 is 2.50 bits per heavy atom. The van der Waals surface area contributed by atoms with E-state index >= 15 is 0 Å². The second-order valence-electron chi connectivity index (χ2n) is 4.19. The second-order valence-corrected chi connectivity index (χ2v) is 4.19.